The summed E-state index contributed by atoms with van der Waals surface area (Å²) < 4.78 is 0. The van der Waals surface area contributed by atoms with Crippen LogP contribution in [0.25, 0.3) is 0 Å². The number of hydrogen-bond acceptors (Lipinski definition) is 1. The highest BCUT2D eigenvalue weighted by Crippen LogP contribution is 2.20. The van der Waals surface area contributed by atoms with Crippen LogP contribution in [0, 0.1) is 5.92 Å². The molecule has 82 valence electrons. The van der Waals surface area contributed by atoms with E-state index in [-0.39, 0.29) is 0 Å². The summed E-state index contributed by atoms with van der Waals surface area (Å²) in [5, 5.41) is 0. The van der Waals surface area contributed by atoms with Gasteiger partial charge in [-0.2, -0.15) is 0 Å². The zero-order chi connectivity index (χ0) is 10.4. The number of alkyl halides is 1. The Bertz CT molecular complexity index is 190. The molecule has 0 spiro atoms. The van der Waals surface area contributed by atoms with E-state index in [0.717, 1.165) is 24.8 Å². The van der Waals surface area contributed by atoms with E-state index in [2.05, 4.69) is 11.8 Å². The van der Waals surface area contributed by atoms with Crippen molar-refractivity contribution in [2.24, 2.45) is 5.92 Å². The molecule has 0 radical (unpaired) electrons. The summed E-state index contributed by atoms with van der Waals surface area (Å²) in [5.41, 5.74) is 2.93. The van der Waals surface area contributed by atoms with E-state index in [1.165, 1.54) is 31.5 Å². The summed E-state index contributed by atoms with van der Waals surface area (Å²) in [5.74, 6) is 1.59. The highest BCUT2D eigenvalue weighted by molar-refractivity contribution is 6.25. The molecule has 1 aliphatic heterocycles. The quantitative estimate of drug-likeness (QED) is 0.675. The minimum Gasteiger partial charge on any atom is -0.299 e. The van der Waals surface area contributed by atoms with Crippen molar-refractivity contribution in [2.75, 3.05) is 25.5 Å². The van der Waals surface area contributed by atoms with E-state index < -0.39 is 0 Å². The Hall–Kier alpha value is 0.280. The molecule has 0 N–H and O–H groups in total. The van der Waals surface area contributed by atoms with E-state index in [4.69, 9.17) is 23.2 Å². The van der Waals surface area contributed by atoms with Crippen LogP contribution < -0.4 is 0 Å². The lowest BCUT2D eigenvalue weighted by molar-refractivity contribution is 0.185. The minimum absolute atomic E-state index is 0.794. The minimum atomic E-state index is 0.794. The maximum absolute atomic E-state index is 5.76. The van der Waals surface area contributed by atoms with Gasteiger partial charge in [0.05, 0.1) is 0 Å². The molecular formula is C11H19Cl2N. The molecule has 1 atom stereocenters. The van der Waals surface area contributed by atoms with Crippen LogP contribution >= 0.6 is 23.2 Å². The van der Waals surface area contributed by atoms with Crippen LogP contribution in [0.1, 0.15) is 26.2 Å². The van der Waals surface area contributed by atoms with Gasteiger partial charge in [0.15, 0.2) is 0 Å². The van der Waals surface area contributed by atoms with E-state index >= 15 is 0 Å². The molecule has 0 aromatic heterocycles. The molecule has 0 aromatic rings. The normalized spacial score (nSPS) is 25.4. The maximum Gasteiger partial charge on any atom is 0.0226 e. The monoisotopic (exact) mass is 235 g/mol. The molecule has 14 heavy (non-hydrogen) atoms. The Morgan fingerprint density at radius 2 is 2.36 bits per heavy atom. The van der Waals surface area contributed by atoms with Gasteiger partial charge in [0.2, 0.25) is 0 Å². The van der Waals surface area contributed by atoms with Gasteiger partial charge < -0.3 is 0 Å². The van der Waals surface area contributed by atoms with E-state index in [0.29, 0.717) is 0 Å². The topological polar surface area (TPSA) is 3.24 Å². The summed E-state index contributed by atoms with van der Waals surface area (Å²) in [7, 11) is 0. The molecule has 0 aliphatic carbocycles. The third kappa shape index (κ3) is 4.20. The zero-order valence-corrected chi connectivity index (χ0v) is 10.3. The number of piperidine rings is 1. The van der Waals surface area contributed by atoms with E-state index in [9.17, 15) is 0 Å². The van der Waals surface area contributed by atoms with Crippen LogP contribution in [0.4, 0.5) is 0 Å². The van der Waals surface area contributed by atoms with Crippen LogP contribution in [0.2, 0.25) is 0 Å². The maximum atomic E-state index is 5.76. The molecule has 0 amide bonds. The van der Waals surface area contributed by atoms with Gasteiger partial charge in [-0.1, -0.05) is 11.6 Å². The summed E-state index contributed by atoms with van der Waals surface area (Å²) in [6.07, 6.45) is 3.80. The van der Waals surface area contributed by atoms with Crippen molar-refractivity contribution in [3.8, 4) is 0 Å². The largest absolute Gasteiger partial charge is 0.299 e. The lowest BCUT2D eigenvalue weighted by Crippen LogP contribution is -2.36. The lowest BCUT2D eigenvalue weighted by atomic mass is 9.95. The third-order valence-corrected chi connectivity index (χ3v) is 3.37. The highest BCUT2D eigenvalue weighted by atomic mass is 35.5. The zero-order valence-electron chi connectivity index (χ0n) is 8.81. The van der Waals surface area contributed by atoms with Crippen LogP contribution in [-0.4, -0.2) is 30.4 Å². The average Bonchev–Trinajstić information content (AvgIpc) is 2.19. The van der Waals surface area contributed by atoms with Crippen LogP contribution in [0.3, 0.4) is 0 Å². The molecule has 1 fully saturated rings. The first-order valence-corrected chi connectivity index (χ1v) is 6.27. The van der Waals surface area contributed by atoms with Crippen molar-refractivity contribution in [2.45, 2.75) is 26.2 Å². The van der Waals surface area contributed by atoms with Gasteiger partial charge in [-0.25, -0.2) is 0 Å². The molecule has 1 rings (SSSR count). The average molecular weight is 236 g/mol. The third-order valence-electron chi connectivity index (χ3n) is 2.78. The Balaban J connectivity index is 2.32. The van der Waals surface area contributed by atoms with Gasteiger partial charge in [-0.3, -0.25) is 4.90 Å². The van der Waals surface area contributed by atoms with Crippen molar-refractivity contribution in [1.29, 1.82) is 0 Å². The molecule has 1 saturated heterocycles. The highest BCUT2D eigenvalue weighted by Gasteiger charge is 2.18. The molecule has 0 saturated carbocycles. The first-order chi connectivity index (χ1) is 6.76. The Morgan fingerprint density at radius 3 is 3.00 bits per heavy atom. The number of halogens is 2. The number of rotatable bonds is 4. The smallest absolute Gasteiger partial charge is 0.0226 e. The van der Waals surface area contributed by atoms with Gasteiger partial charge >= 0.3 is 0 Å². The Kier molecular flexibility index (Phi) is 5.92. The standard InChI is InChI=1S/C11H19Cl2N/c1-10(7-13)8-14-6-2-3-11(9-14)4-5-12/h7,11H,2-6,8-9H2,1H3. The second-order valence-corrected chi connectivity index (χ2v) is 4.77. The molecule has 3 heteroatoms. The lowest BCUT2D eigenvalue weighted by Gasteiger charge is -2.32. The summed E-state index contributed by atoms with van der Waals surface area (Å²) in [6, 6.07) is 0. The molecule has 1 unspecified atom stereocenters. The van der Waals surface area contributed by atoms with Gasteiger partial charge in [0.1, 0.15) is 0 Å². The van der Waals surface area contributed by atoms with Crippen molar-refractivity contribution in [3.05, 3.63) is 11.1 Å². The fourth-order valence-electron chi connectivity index (χ4n) is 2.07. The summed E-state index contributed by atoms with van der Waals surface area (Å²) >= 11 is 11.4. The summed E-state index contributed by atoms with van der Waals surface area (Å²) in [6.45, 7) is 5.50. The van der Waals surface area contributed by atoms with Crippen LogP contribution in [0.15, 0.2) is 11.1 Å². The van der Waals surface area contributed by atoms with Gasteiger partial charge in [0.25, 0.3) is 0 Å². The molecule has 1 heterocycles. The van der Waals surface area contributed by atoms with Crippen LogP contribution in [-0.2, 0) is 0 Å². The predicted molar refractivity (Wildman–Crippen MR) is 64.1 cm³/mol. The number of likely N-dealkylation sites (tertiary alicyclic amines) is 1. The molecule has 0 aromatic carbocycles. The fourth-order valence-corrected chi connectivity index (χ4v) is 2.45. The van der Waals surface area contributed by atoms with E-state index in [1.807, 2.05) is 0 Å². The molecular weight excluding hydrogens is 217 g/mol. The SMILES string of the molecule is CC(=CCl)CN1CCCC(CCCl)C1. The van der Waals surface area contributed by atoms with Gasteiger partial charge in [-0.15, -0.1) is 11.6 Å². The second-order valence-electron chi connectivity index (χ2n) is 4.18. The molecule has 1 aliphatic rings. The predicted octanol–water partition coefficient (Wildman–Crippen LogP) is 3.47. The molecule has 1 nitrogen and oxygen atoms in total. The van der Waals surface area contributed by atoms with Crippen molar-refractivity contribution < 1.29 is 0 Å². The first-order valence-electron chi connectivity index (χ1n) is 5.30. The Labute approximate surface area is 97.1 Å². The Morgan fingerprint density at radius 1 is 1.57 bits per heavy atom. The number of nitrogens with zero attached hydrogens (tertiary/aromatic N) is 1. The van der Waals surface area contributed by atoms with Gasteiger partial charge in [-0.05, 0) is 44.2 Å². The summed E-state index contributed by atoms with van der Waals surface area (Å²) in [4.78, 5) is 2.48. The van der Waals surface area contributed by atoms with Crippen molar-refractivity contribution in [3.63, 3.8) is 0 Å². The molecule has 0 bridgehead atoms. The van der Waals surface area contributed by atoms with Crippen molar-refractivity contribution in [1.82, 2.24) is 4.90 Å². The second kappa shape index (κ2) is 6.71. The van der Waals surface area contributed by atoms with E-state index in [1.54, 1.807) is 5.54 Å². The fraction of sp³-hybridized carbons (Fsp3) is 0.818. The van der Waals surface area contributed by atoms with Crippen molar-refractivity contribution >= 4 is 23.2 Å². The first kappa shape index (κ1) is 12.4. The van der Waals surface area contributed by atoms with Gasteiger partial charge in [0, 0.05) is 24.5 Å². The van der Waals surface area contributed by atoms with Crippen LogP contribution in [0.5, 0.6) is 0 Å². The number of hydrogen-bond donors (Lipinski definition) is 0.